The van der Waals surface area contributed by atoms with Gasteiger partial charge in [0.2, 0.25) is 0 Å². The van der Waals surface area contributed by atoms with E-state index in [1.54, 1.807) is 11.3 Å². The highest BCUT2D eigenvalue weighted by molar-refractivity contribution is 7.09. The van der Waals surface area contributed by atoms with Crippen molar-refractivity contribution in [1.82, 2.24) is 9.88 Å². The van der Waals surface area contributed by atoms with E-state index < -0.39 is 0 Å². The second-order valence-corrected chi connectivity index (χ2v) is 7.51. The van der Waals surface area contributed by atoms with Crippen LogP contribution in [-0.4, -0.2) is 4.57 Å². The zero-order chi connectivity index (χ0) is 17.1. The van der Waals surface area contributed by atoms with E-state index in [1.807, 2.05) is 18.2 Å². The van der Waals surface area contributed by atoms with Crippen molar-refractivity contribution in [2.75, 3.05) is 0 Å². The molecule has 0 radical (unpaired) electrons. The standard InChI is InChI=1S/C21H19ClN2S/c22-20-9-3-1-6-16(20)14-24-15-17(19-8-2-4-10-21(19)24)12-23-13-18-7-5-11-25-18/h1-11,15,23H,12-14H2. The SMILES string of the molecule is Clc1ccccc1Cn1cc(CNCc2cccs2)c2ccccc21. The lowest BCUT2D eigenvalue weighted by Gasteiger charge is -2.07. The molecule has 4 aromatic rings. The minimum atomic E-state index is 0.783. The minimum absolute atomic E-state index is 0.783. The lowest BCUT2D eigenvalue weighted by molar-refractivity contribution is 0.700. The maximum Gasteiger partial charge on any atom is 0.0491 e. The average Bonchev–Trinajstić information content (AvgIpc) is 3.26. The van der Waals surface area contributed by atoms with E-state index in [4.69, 9.17) is 11.6 Å². The number of rotatable bonds is 6. The van der Waals surface area contributed by atoms with Crippen molar-refractivity contribution in [1.29, 1.82) is 0 Å². The van der Waals surface area contributed by atoms with Crippen molar-refractivity contribution in [3.05, 3.63) is 93.3 Å². The minimum Gasteiger partial charge on any atom is -0.343 e. The molecule has 1 N–H and O–H groups in total. The molecule has 126 valence electrons. The number of thiophene rings is 1. The third kappa shape index (κ3) is 3.64. The predicted molar refractivity (Wildman–Crippen MR) is 107 cm³/mol. The van der Waals surface area contributed by atoms with Crippen LogP contribution in [0.5, 0.6) is 0 Å². The topological polar surface area (TPSA) is 17.0 Å². The number of benzene rings is 2. The Hall–Kier alpha value is -2.07. The van der Waals surface area contributed by atoms with Gasteiger partial charge in [0.1, 0.15) is 0 Å². The Morgan fingerprint density at radius 1 is 0.880 bits per heavy atom. The summed E-state index contributed by atoms with van der Waals surface area (Å²) in [6, 6.07) is 20.9. The van der Waals surface area contributed by atoms with E-state index in [-0.39, 0.29) is 0 Å². The summed E-state index contributed by atoms with van der Waals surface area (Å²) in [6.07, 6.45) is 2.25. The van der Waals surface area contributed by atoms with Crippen LogP contribution in [-0.2, 0) is 19.6 Å². The van der Waals surface area contributed by atoms with Gasteiger partial charge in [0.05, 0.1) is 0 Å². The monoisotopic (exact) mass is 366 g/mol. The summed E-state index contributed by atoms with van der Waals surface area (Å²) in [6.45, 7) is 2.54. The Morgan fingerprint density at radius 3 is 2.56 bits per heavy atom. The van der Waals surface area contributed by atoms with Gasteiger partial charge in [-0.2, -0.15) is 0 Å². The van der Waals surface area contributed by atoms with Crippen LogP contribution in [0.25, 0.3) is 10.9 Å². The van der Waals surface area contributed by atoms with Gasteiger partial charge in [-0.1, -0.05) is 54.1 Å². The number of aromatic nitrogens is 1. The van der Waals surface area contributed by atoms with Crippen LogP contribution in [0.2, 0.25) is 5.02 Å². The van der Waals surface area contributed by atoms with Crippen molar-refractivity contribution < 1.29 is 0 Å². The zero-order valence-corrected chi connectivity index (χ0v) is 15.4. The molecule has 0 bridgehead atoms. The van der Waals surface area contributed by atoms with Crippen LogP contribution >= 0.6 is 22.9 Å². The third-order valence-electron chi connectivity index (χ3n) is 4.36. The average molecular weight is 367 g/mol. The molecular formula is C21H19ClN2S. The van der Waals surface area contributed by atoms with E-state index in [0.717, 1.165) is 30.2 Å². The molecule has 2 aromatic carbocycles. The first-order valence-corrected chi connectivity index (χ1v) is 9.60. The molecule has 0 saturated heterocycles. The largest absolute Gasteiger partial charge is 0.343 e. The van der Waals surface area contributed by atoms with Crippen LogP contribution in [0.1, 0.15) is 16.0 Å². The summed E-state index contributed by atoms with van der Waals surface area (Å²) in [4.78, 5) is 1.36. The first-order chi connectivity index (χ1) is 12.3. The van der Waals surface area contributed by atoms with Gasteiger partial charge >= 0.3 is 0 Å². The molecule has 0 aliphatic heterocycles. The normalized spacial score (nSPS) is 11.2. The van der Waals surface area contributed by atoms with Gasteiger partial charge in [-0.3, -0.25) is 0 Å². The third-order valence-corrected chi connectivity index (χ3v) is 5.61. The second-order valence-electron chi connectivity index (χ2n) is 6.07. The van der Waals surface area contributed by atoms with Crippen molar-refractivity contribution in [3.8, 4) is 0 Å². The molecular weight excluding hydrogens is 348 g/mol. The number of hydrogen-bond acceptors (Lipinski definition) is 2. The Kier molecular flexibility index (Phi) is 4.88. The van der Waals surface area contributed by atoms with Crippen LogP contribution in [0, 0.1) is 0 Å². The highest BCUT2D eigenvalue weighted by atomic mass is 35.5. The quantitative estimate of drug-likeness (QED) is 0.463. The molecule has 0 aliphatic rings. The molecule has 4 rings (SSSR count). The van der Waals surface area contributed by atoms with E-state index in [2.05, 4.69) is 63.9 Å². The second kappa shape index (κ2) is 7.44. The van der Waals surface area contributed by atoms with Crippen molar-refractivity contribution in [2.24, 2.45) is 0 Å². The summed E-state index contributed by atoms with van der Waals surface area (Å²) in [5.41, 5.74) is 3.71. The smallest absolute Gasteiger partial charge is 0.0491 e. The van der Waals surface area contributed by atoms with Crippen LogP contribution in [0.4, 0.5) is 0 Å². The highest BCUT2D eigenvalue weighted by Gasteiger charge is 2.09. The lowest BCUT2D eigenvalue weighted by Crippen LogP contribution is -2.11. The Morgan fingerprint density at radius 2 is 1.72 bits per heavy atom. The van der Waals surface area contributed by atoms with Crippen molar-refractivity contribution >= 4 is 33.8 Å². The van der Waals surface area contributed by atoms with Crippen LogP contribution in [0.3, 0.4) is 0 Å². The van der Waals surface area contributed by atoms with Crippen molar-refractivity contribution in [3.63, 3.8) is 0 Å². The fourth-order valence-corrected chi connectivity index (χ4v) is 4.01. The van der Waals surface area contributed by atoms with E-state index in [0.29, 0.717) is 0 Å². The maximum atomic E-state index is 6.35. The lowest BCUT2D eigenvalue weighted by atomic mass is 10.2. The Labute approximate surface area is 156 Å². The first kappa shape index (κ1) is 16.4. The van der Waals surface area contributed by atoms with Gasteiger partial charge in [-0.25, -0.2) is 0 Å². The molecule has 25 heavy (non-hydrogen) atoms. The number of halogens is 1. The van der Waals surface area contributed by atoms with Crippen molar-refractivity contribution in [2.45, 2.75) is 19.6 Å². The number of hydrogen-bond donors (Lipinski definition) is 1. The molecule has 0 saturated carbocycles. The molecule has 0 unspecified atom stereocenters. The Bertz CT molecular complexity index is 973. The first-order valence-electron chi connectivity index (χ1n) is 8.34. The van der Waals surface area contributed by atoms with Gasteiger partial charge in [0.15, 0.2) is 0 Å². The molecule has 2 heterocycles. The molecule has 0 atom stereocenters. The molecule has 0 spiro atoms. The highest BCUT2D eigenvalue weighted by Crippen LogP contribution is 2.24. The molecule has 0 fully saturated rings. The molecule has 0 amide bonds. The van der Waals surface area contributed by atoms with Gasteiger partial charge < -0.3 is 9.88 Å². The van der Waals surface area contributed by atoms with Gasteiger partial charge in [-0.15, -0.1) is 11.3 Å². The maximum absolute atomic E-state index is 6.35. The number of fused-ring (bicyclic) bond motifs is 1. The number of nitrogens with one attached hydrogen (secondary N) is 1. The van der Waals surface area contributed by atoms with E-state index >= 15 is 0 Å². The summed E-state index contributed by atoms with van der Waals surface area (Å²) < 4.78 is 2.29. The molecule has 2 nitrogen and oxygen atoms in total. The van der Waals surface area contributed by atoms with E-state index in [1.165, 1.54) is 21.3 Å². The van der Waals surface area contributed by atoms with Gasteiger partial charge in [-0.05, 0) is 34.7 Å². The van der Waals surface area contributed by atoms with Gasteiger partial charge in [0, 0.05) is 46.6 Å². The van der Waals surface area contributed by atoms with Crippen LogP contribution < -0.4 is 5.32 Å². The van der Waals surface area contributed by atoms with Crippen LogP contribution in [0.15, 0.2) is 72.2 Å². The molecule has 4 heteroatoms. The fourth-order valence-electron chi connectivity index (χ4n) is 3.14. The number of para-hydroxylation sites is 1. The zero-order valence-electron chi connectivity index (χ0n) is 13.8. The summed E-state index contributed by atoms with van der Waals surface area (Å²) in [7, 11) is 0. The fraction of sp³-hybridized carbons (Fsp3) is 0.143. The molecule has 0 aliphatic carbocycles. The summed E-state index contributed by atoms with van der Waals surface area (Å²) in [5.74, 6) is 0. The number of nitrogens with zero attached hydrogens (tertiary/aromatic N) is 1. The predicted octanol–water partition coefficient (Wildman–Crippen LogP) is 5.69. The molecule has 2 aromatic heterocycles. The summed E-state index contributed by atoms with van der Waals surface area (Å²) in [5, 5.41) is 7.79. The van der Waals surface area contributed by atoms with E-state index in [9.17, 15) is 0 Å². The summed E-state index contributed by atoms with van der Waals surface area (Å²) >= 11 is 8.14. The van der Waals surface area contributed by atoms with Gasteiger partial charge in [0.25, 0.3) is 0 Å². The Balaban J connectivity index is 1.59.